The van der Waals surface area contributed by atoms with Crippen molar-refractivity contribution in [3.63, 3.8) is 0 Å². The smallest absolute Gasteiger partial charge is 0.274 e. The van der Waals surface area contributed by atoms with Gasteiger partial charge in [0.05, 0.1) is 23.2 Å². The molecule has 1 atom stereocenters. The summed E-state index contributed by atoms with van der Waals surface area (Å²) in [5.74, 6) is 0.584. The van der Waals surface area contributed by atoms with E-state index >= 15 is 0 Å². The number of nitrogens with zero attached hydrogens (tertiary/aromatic N) is 3. The van der Waals surface area contributed by atoms with E-state index in [2.05, 4.69) is 11.9 Å². The van der Waals surface area contributed by atoms with Crippen LogP contribution in [-0.2, 0) is 9.59 Å². The Morgan fingerprint density at radius 3 is 2.62 bits per heavy atom. The van der Waals surface area contributed by atoms with E-state index in [0.29, 0.717) is 24.8 Å². The van der Waals surface area contributed by atoms with Gasteiger partial charge in [-0.15, -0.1) is 0 Å². The highest BCUT2D eigenvalue weighted by Crippen LogP contribution is 2.33. The molecule has 3 aromatic rings. The highest BCUT2D eigenvalue weighted by atomic mass is 32.1. The Labute approximate surface area is 203 Å². The molecule has 1 aromatic heterocycles. The minimum atomic E-state index is -0.286. The fourth-order valence-corrected chi connectivity index (χ4v) is 5.54. The lowest BCUT2D eigenvalue weighted by atomic mass is 10.0. The number of rotatable bonds is 5. The molecule has 0 bridgehead atoms. The molecule has 2 aliphatic heterocycles. The van der Waals surface area contributed by atoms with Gasteiger partial charge in [0.2, 0.25) is 11.8 Å². The fraction of sp³-hybridized carbons (Fsp3) is 0.423. The van der Waals surface area contributed by atoms with Crippen LogP contribution in [0.5, 0.6) is 10.9 Å². The molecule has 0 spiro atoms. The molecule has 5 rings (SSSR count). The molecule has 2 aliphatic rings. The summed E-state index contributed by atoms with van der Waals surface area (Å²) in [5, 5.41) is 0.651. The summed E-state index contributed by atoms with van der Waals surface area (Å²) in [7, 11) is 1.64. The van der Waals surface area contributed by atoms with Gasteiger partial charge in [0.1, 0.15) is 11.9 Å². The van der Waals surface area contributed by atoms with Gasteiger partial charge in [-0.1, -0.05) is 17.4 Å². The maximum absolute atomic E-state index is 13.2. The zero-order valence-electron chi connectivity index (χ0n) is 19.7. The monoisotopic (exact) mass is 479 g/mol. The predicted molar refractivity (Wildman–Crippen MR) is 133 cm³/mol. The highest BCUT2D eigenvalue weighted by Gasteiger charge is 2.38. The number of thiazole rings is 1. The number of aryl methyl sites for hydroxylation is 2. The molecule has 178 valence electrons. The number of hydrogen-bond donors (Lipinski definition) is 0. The molecule has 0 radical (unpaired) electrons. The van der Waals surface area contributed by atoms with Gasteiger partial charge in [0.25, 0.3) is 5.19 Å². The molecule has 34 heavy (non-hydrogen) atoms. The van der Waals surface area contributed by atoms with Crippen molar-refractivity contribution in [3.05, 3.63) is 47.5 Å². The second kappa shape index (κ2) is 9.25. The van der Waals surface area contributed by atoms with Crippen LogP contribution in [0.3, 0.4) is 0 Å². The fourth-order valence-electron chi connectivity index (χ4n) is 4.67. The first kappa shape index (κ1) is 22.7. The first-order valence-electron chi connectivity index (χ1n) is 11.7. The number of carbonyl (C=O) groups excluding carboxylic acids is 2. The second-order valence-electron chi connectivity index (χ2n) is 9.13. The average Bonchev–Trinajstić information content (AvgIpc) is 3.43. The van der Waals surface area contributed by atoms with Crippen molar-refractivity contribution in [2.75, 3.05) is 31.6 Å². The van der Waals surface area contributed by atoms with Gasteiger partial charge >= 0.3 is 0 Å². The maximum atomic E-state index is 13.2. The summed E-state index contributed by atoms with van der Waals surface area (Å²) in [6.07, 6.45) is 1.82. The number of likely N-dealkylation sites (tertiary alicyclic amines) is 1. The molecule has 7 nitrogen and oxygen atoms in total. The molecule has 2 aromatic carbocycles. The van der Waals surface area contributed by atoms with Crippen LogP contribution in [-0.4, -0.2) is 54.5 Å². The van der Waals surface area contributed by atoms with Gasteiger partial charge in [-0.3, -0.25) is 9.59 Å². The summed E-state index contributed by atoms with van der Waals surface area (Å²) in [5.41, 5.74) is 4.09. The minimum Gasteiger partial charge on any atom is -0.497 e. The third kappa shape index (κ3) is 4.46. The van der Waals surface area contributed by atoms with Gasteiger partial charge in [-0.05, 0) is 49.2 Å². The normalized spacial score (nSPS) is 19.1. The largest absolute Gasteiger partial charge is 0.497 e. The summed E-state index contributed by atoms with van der Waals surface area (Å²) in [6, 6.07) is 11.8. The van der Waals surface area contributed by atoms with Crippen LogP contribution in [0.2, 0.25) is 0 Å². The van der Waals surface area contributed by atoms with E-state index in [1.807, 2.05) is 48.2 Å². The number of carbonyl (C=O) groups is 2. The number of fused-ring (bicyclic) bond motifs is 1. The molecule has 2 saturated heterocycles. The van der Waals surface area contributed by atoms with Gasteiger partial charge in [0, 0.05) is 50.7 Å². The van der Waals surface area contributed by atoms with Crippen molar-refractivity contribution in [3.8, 4) is 10.9 Å². The number of methoxy groups -OCH3 is 1. The van der Waals surface area contributed by atoms with E-state index in [9.17, 15) is 9.59 Å². The average molecular weight is 480 g/mol. The van der Waals surface area contributed by atoms with Crippen molar-refractivity contribution in [1.82, 2.24) is 9.88 Å². The van der Waals surface area contributed by atoms with Crippen molar-refractivity contribution >= 4 is 39.1 Å². The van der Waals surface area contributed by atoms with Crippen molar-refractivity contribution < 1.29 is 19.1 Å². The molecule has 8 heteroatoms. The van der Waals surface area contributed by atoms with Crippen molar-refractivity contribution in [1.29, 1.82) is 0 Å². The third-order valence-electron chi connectivity index (χ3n) is 6.87. The van der Waals surface area contributed by atoms with E-state index in [0.717, 1.165) is 40.1 Å². The number of anilines is 1. The first-order chi connectivity index (χ1) is 16.4. The molecule has 0 aliphatic carbocycles. The molecular weight excluding hydrogens is 450 g/mol. The third-order valence-corrected chi connectivity index (χ3v) is 7.80. The Kier molecular flexibility index (Phi) is 6.16. The molecular formula is C26H29N3O4S. The lowest BCUT2D eigenvalue weighted by molar-refractivity contribution is -0.137. The lowest BCUT2D eigenvalue weighted by Gasteiger charge is -2.33. The summed E-state index contributed by atoms with van der Waals surface area (Å²) < 4.78 is 12.5. The molecule has 0 saturated carbocycles. The minimum absolute atomic E-state index is 0.0206. The van der Waals surface area contributed by atoms with Crippen LogP contribution in [0.25, 0.3) is 10.2 Å². The zero-order chi connectivity index (χ0) is 23.8. The lowest BCUT2D eigenvalue weighted by Crippen LogP contribution is -2.44. The summed E-state index contributed by atoms with van der Waals surface area (Å²) in [6.45, 7) is 5.82. The van der Waals surface area contributed by atoms with Crippen LogP contribution < -0.4 is 14.4 Å². The van der Waals surface area contributed by atoms with E-state index in [1.54, 1.807) is 12.0 Å². The van der Waals surface area contributed by atoms with E-state index in [1.165, 1.54) is 16.9 Å². The zero-order valence-corrected chi connectivity index (χ0v) is 20.6. The molecule has 0 N–H and O–H groups in total. The number of hydrogen-bond acceptors (Lipinski definition) is 6. The second-order valence-corrected chi connectivity index (χ2v) is 10.1. The first-order valence-corrected chi connectivity index (χ1v) is 12.5. The van der Waals surface area contributed by atoms with Crippen LogP contribution in [0, 0.1) is 19.8 Å². The predicted octanol–water partition coefficient (Wildman–Crippen LogP) is 4.34. The number of benzene rings is 2. The topological polar surface area (TPSA) is 72.0 Å². The quantitative estimate of drug-likeness (QED) is 0.544. The number of aromatic nitrogens is 1. The van der Waals surface area contributed by atoms with Gasteiger partial charge in [-0.25, -0.2) is 4.98 Å². The summed E-state index contributed by atoms with van der Waals surface area (Å²) in [4.78, 5) is 34.1. The standard InChI is InChI=1S/C26H29N3O4S/c1-16-4-5-19(12-17(16)2)29-15-18(13-24(29)30)25(31)28-10-8-20(9-11-28)33-26-27-22-14-21(32-3)6-7-23(22)34-26/h4-7,12,14,18,20H,8-11,13,15H2,1-3H3. The Bertz CT molecular complexity index is 1230. The van der Waals surface area contributed by atoms with Crippen molar-refractivity contribution in [2.24, 2.45) is 5.92 Å². The number of amides is 2. The molecule has 2 fully saturated rings. The van der Waals surface area contributed by atoms with E-state index < -0.39 is 0 Å². The Morgan fingerprint density at radius 2 is 1.88 bits per heavy atom. The summed E-state index contributed by atoms with van der Waals surface area (Å²) >= 11 is 1.53. The molecule has 2 amide bonds. The molecule has 3 heterocycles. The Morgan fingerprint density at radius 1 is 1.09 bits per heavy atom. The van der Waals surface area contributed by atoms with Gasteiger partial charge < -0.3 is 19.3 Å². The maximum Gasteiger partial charge on any atom is 0.274 e. The number of piperidine rings is 1. The molecule has 1 unspecified atom stereocenters. The van der Waals surface area contributed by atoms with Crippen LogP contribution in [0.1, 0.15) is 30.4 Å². The SMILES string of the molecule is COc1ccc2sc(OC3CCN(C(=O)C4CC(=O)N(c5ccc(C)c(C)c5)C4)CC3)nc2c1. The van der Waals surface area contributed by atoms with E-state index in [-0.39, 0.29) is 30.3 Å². The number of ether oxygens (including phenoxy) is 2. The highest BCUT2D eigenvalue weighted by molar-refractivity contribution is 7.20. The Balaban J connectivity index is 1.17. The Hall–Kier alpha value is -3.13. The van der Waals surface area contributed by atoms with Crippen LogP contribution in [0.4, 0.5) is 5.69 Å². The van der Waals surface area contributed by atoms with E-state index in [4.69, 9.17) is 9.47 Å². The van der Waals surface area contributed by atoms with Gasteiger partial charge in [-0.2, -0.15) is 0 Å². The van der Waals surface area contributed by atoms with Crippen LogP contribution >= 0.6 is 11.3 Å². The van der Waals surface area contributed by atoms with Gasteiger partial charge in [0.15, 0.2) is 0 Å². The van der Waals surface area contributed by atoms with Crippen LogP contribution in [0.15, 0.2) is 36.4 Å². The van der Waals surface area contributed by atoms with Crippen molar-refractivity contribution in [2.45, 2.75) is 39.2 Å².